The first kappa shape index (κ1) is 23.5. The molecule has 2 aliphatic heterocycles. The molecule has 0 N–H and O–H groups in total. The number of fused-ring (bicyclic) bond motifs is 1. The number of amides is 2. The van der Waals surface area contributed by atoms with Gasteiger partial charge in [-0.15, -0.1) is 0 Å². The number of sulfonamides is 1. The molecule has 0 bridgehead atoms. The van der Waals surface area contributed by atoms with E-state index in [1.54, 1.807) is 42.5 Å². The number of carbonyl (C=O) groups is 2. The Hall–Kier alpha value is -3.28. The van der Waals surface area contributed by atoms with Crippen LogP contribution in [0.3, 0.4) is 0 Å². The van der Waals surface area contributed by atoms with Crippen molar-refractivity contribution in [2.75, 3.05) is 11.7 Å². The van der Waals surface area contributed by atoms with E-state index in [1.165, 1.54) is 0 Å². The Morgan fingerprint density at radius 1 is 0.971 bits per heavy atom. The third kappa shape index (κ3) is 4.42. The molecule has 0 aromatic heterocycles. The molecule has 8 nitrogen and oxygen atoms in total. The van der Waals surface area contributed by atoms with Gasteiger partial charge < -0.3 is 9.47 Å². The molecule has 1 unspecified atom stereocenters. The summed E-state index contributed by atoms with van der Waals surface area (Å²) in [6.45, 7) is -0.164. The van der Waals surface area contributed by atoms with Crippen LogP contribution in [-0.2, 0) is 26.2 Å². The Kier molecular flexibility index (Phi) is 6.07. The molecule has 1 fully saturated rings. The highest BCUT2D eigenvalue weighted by atomic mass is 79.9. The van der Waals surface area contributed by atoms with Gasteiger partial charge in [-0.2, -0.15) is 4.31 Å². The van der Waals surface area contributed by atoms with Crippen LogP contribution in [-0.4, -0.2) is 37.4 Å². The van der Waals surface area contributed by atoms with E-state index < -0.39 is 33.7 Å². The fraction of sp³-hybridized carbons (Fsp3) is 0.167. The van der Waals surface area contributed by atoms with Crippen molar-refractivity contribution in [3.63, 3.8) is 0 Å². The van der Waals surface area contributed by atoms with Crippen LogP contribution in [0.15, 0.2) is 76.1 Å². The van der Waals surface area contributed by atoms with E-state index in [1.807, 2.05) is 0 Å². The summed E-state index contributed by atoms with van der Waals surface area (Å²) in [5, 5.41) is 0. The Morgan fingerprint density at radius 3 is 2.37 bits per heavy atom. The minimum absolute atomic E-state index is 0.0497. The lowest BCUT2D eigenvalue weighted by Gasteiger charge is -2.27. The van der Waals surface area contributed by atoms with E-state index >= 15 is 0 Å². The normalized spacial score (nSPS) is 17.5. The number of carbonyl (C=O) groups excluding carboxylic acids is 2. The summed E-state index contributed by atoms with van der Waals surface area (Å²) in [4.78, 5) is 27.1. The first-order valence-electron chi connectivity index (χ1n) is 10.5. The molecule has 2 aliphatic rings. The van der Waals surface area contributed by atoms with Gasteiger partial charge in [0.2, 0.25) is 22.7 Å². The molecular weight excluding hydrogens is 543 g/mol. The Balaban J connectivity index is 1.54. The average Bonchev–Trinajstić information content (AvgIpc) is 3.41. The number of hydrogen-bond acceptors (Lipinski definition) is 6. The van der Waals surface area contributed by atoms with Crippen LogP contribution in [0.25, 0.3) is 0 Å². The highest BCUT2D eigenvalue weighted by molar-refractivity contribution is 9.10. The molecule has 0 radical (unpaired) electrons. The van der Waals surface area contributed by atoms with Crippen molar-refractivity contribution in [3.05, 3.63) is 82.6 Å². The van der Waals surface area contributed by atoms with Crippen molar-refractivity contribution in [2.24, 2.45) is 0 Å². The van der Waals surface area contributed by atoms with Gasteiger partial charge in [0.25, 0.3) is 5.91 Å². The highest BCUT2D eigenvalue weighted by Gasteiger charge is 2.47. The largest absolute Gasteiger partial charge is 0.454 e. The third-order valence-electron chi connectivity index (χ3n) is 5.75. The Morgan fingerprint density at radius 2 is 1.66 bits per heavy atom. The second-order valence-corrected chi connectivity index (χ2v) is 10.8. The quantitative estimate of drug-likeness (QED) is 0.425. The summed E-state index contributed by atoms with van der Waals surface area (Å²) in [6, 6.07) is 14.5. The number of rotatable bonds is 6. The predicted octanol–water partition coefficient (Wildman–Crippen LogP) is 3.84. The number of imide groups is 1. The fourth-order valence-electron chi connectivity index (χ4n) is 4.03. The molecule has 3 aromatic rings. The van der Waals surface area contributed by atoms with Gasteiger partial charge >= 0.3 is 0 Å². The van der Waals surface area contributed by atoms with Gasteiger partial charge in [-0.3, -0.25) is 9.59 Å². The lowest BCUT2D eigenvalue weighted by Crippen LogP contribution is -2.45. The minimum atomic E-state index is -4.29. The SMILES string of the molecule is O=C1CC(N(Cc2ccc3c(c2)OCO3)S(=O)(=O)c2ccc(F)cc2)C(=O)N1c1ccc(Br)cc1. The smallest absolute Gasteiger partial charge is 0.252 e. The van der Waals surface area contributed by atoms with Gasteiger partial charge in [0, 0.05) is 11.0 Å². The van der Waals surface area contributed by atoms with Gasteiger partial charge in [-0.1, -0.05) is 22.0 Å². The predicted molar refractivity (Wildman–Crippen MR) is 127 cm³/mol. The van der Waals surface area contributed by atoms with E-state index in [2.05, 4.69) is 15.9 Å². The van der Waals surface area contributed by atoms with Crippen molar-refractivity contribution in [3.8, 4) is 11.5 Å². The van der Waals surface area contributed by atoms with Crippen LogP contribution in [0.5, 0.6) is 11.5 Å². The fourth-order valence-corrected chi connectivity index (χ4v) is 5.86. The third-order valence-corrected chi connectivity index (χ3v) is 8.15. The van der Waals surface area contributed by atoms with Gasteiger partial charge in [0.1, 0.15) is 11.9 Å². The molecule has 1 saturated heterocycles. The highest BCUT2D eigenvalue weighted by Crippen LogP contribution is 2.35. The zero-order valence-corrected chi connectivity index (χ0v) is 20.5. The van der Waals surface area contributed by atoms with E-state index in [0.29, 0.717) is 22.7 Å². The van der Waals surface area contributed by atoms with Gasteiger partial charge in [0.15, 0.2) is 11.5 Å². The number of halogens is 2. The zero-order valence-electron chi connectivity index (χ0n) is 18.1. The summed E-state index contributed by atoms with van der Waals surface area (Å²) >= 11 is 3.31. The summed E-state index contributed by atoms with van der Waals surface area (Å²) in [5.41, 5.74) is 0.871. The van der Waals surface area contributed by atoms with Crippen LogP contribution in [0.2, 0.25) is 0 Å². The molecule has 2 heterocycles. The summed E-state index contributed by atoms with van der Waals surface area (Å²) in [5.74, 6) is -0.807. The van der Waals surface area contributed by atoms with E-state index in [0.717, 1.165) is 37.9 Å². The lowest BCUT2D eigenvalue weighted by molar-refractivity contribution is -0.122. The van der Waals surface area contributed by atoms with Crippen molar-refractivity contribution >= 4 is 43.5 Å². The van der Waals surface area contributed by atoms with Crippen LogP contribution < -0.4 is 14.4 Å². The number of hydrogen-bond donors (Lipinski definition) is 0. The molecular formula is C24H18BrFN2O6S. The second-order valence-electron chi connectivity index (χ2n) is 7.96. The molecule has 0 spiro atoms. The molecule has 0 aliphatic carbocycles. The Bertz CT molecular complexity index is 1410. The maximum absolute atomic E-state index is 13.7. The van der Waals surface area contributed by atoms with Crippen LogP contribution in [0.4, 0.5) is 10.1 Å². The molecule has 5 rings (SSSR count). The summed E-state index contributed by atoms with van der Waals surface area (Å²) < 4.78 is 53.3. The molecule has 35 heavy (non-hydrogen) atoms. The van der Waals surface area contributed by atoms with E-state index in [9.17, 15) is 22.4 Å². The van der Waals surface area contributed by atoms with Crippen LogP contribution in [0, 0.1) is 5.82 Å². The molecule has 0 saturated carbocycles. The average molecular weight is 561 g/mol. The number of nitrogens with zero attached hydrogens (tertiary/aromatic N) is 2. The standard InChI is InChI=1S/C24H18BrFN2O6S/c25-16-2-6-18(7-3-16)28-23(29)12-20(24(28)30)27(35(31,32)19-8-4-17(26)5-9-19)13-15-1-10-21-22(11-15)34-14-33-21/h1-11,20H,12-14H2. The Labute approximate surface area is 209 Å². The van der Waals surface area contributed by atoms with Crippen molar-refractivity contribution in [1.29, 1.82) is 0 Å². The molecule has 3 aromatic carbocycles. The summed E-state index contributed by atoms with van der Waals surface area (Å²) in [6.07, 6.45) is -0.333. The van der Waals surface area contributed by atoms with Gasteiger partial charge in [0.05, 0.1) is 17.0 Å². The molecule has 11 heteroatoms. The van der Waals surface area contributed by atoms with Crippen molar-refractivity contribution in [1.82, 2.24) is 4.31 Å². The minimum Gasteiger partial charge on any atom is -0.454 e. The first-order chi connectivity index (χ1) is 16.7. The number of ether oxygens (including phenoxy) is 2. The topological polar surface area (TPSA) is 93.2 Å². The maximum Gasteiger partial charge on any atom is 0.252 e. The molecule has 1 atom stereocenters. The monoisotopic (exact) mass is 560 g/mol. The summed E-state index contributed by atoms with van der Waals surface area (Å²) in [7, 11) is -4.29. The van der Waals surface area contributed by atoms with E-state index in [-0.39, 0.29) is 24.7 Å². The number of anilines is 1. The second kappa shape index (κ2) is 9.06. The zero-order chi connectivity index (χ0) is 24.7. The number of benzene rings is 3. The molecule has 2 amide bonds. The van der Waals surface area contributed by atoms with Crippen molar-refractivity contribution < 1.29 is 31.9 Å². The van der Waals surface area contributed by atoms with Crippen molar-refractivity contribution in [2.45, 2.75) is 23.9 Å². The van der Waals surface area contributed by atoms with Crippen LogP contribution in [0.1, 0.15) is 12.0 Å². The van der Waals surface area contributed by atoms with Gasteiger partial charge in [-0.05, 0) is 66.2 Å². The maximum atomic E-state index is 13.7. The van der Waals surface area contributed by atoms with Gasteiger partial charge in [-0.25, -0.2) is 17.7 Å². The van der Waals surface area contributed by atoms with E-state index in [4.69, 9.17) is 9.47 Å². The first-order valence-corrected chi connectivity index (χ1v) is 12.8. The lowest BCUT2D eigenvalue weighted by atomic mass is 10.1. The van der Waals surface area contributed by atoms with Crippen LogP contribution >= 0.6 is 15.9 Å². The molecule has 180 valence electrons.